The Labute approximate surface area is 305 Å². The smallest absolute Gasteiger partial charge is 0.347 e. The molecule has 0 amide bonds. The third-order valence-corrected chi connectivity index (χ3v) is 13.8. The minimum atomic E-state index is -2.15. The highest BCUT2D eigenvalue weighted by Gasteiger charge is 2.45. The van der Waals surface area contributed by atoms with E-state index in [2.05, 4.69) is 91.5 Å². The van der Waals surface area contributed by atoms with Crippen molar-refractivity contribution in [3.05, 3.63) is 161 Å². The number of rotatable bonds is 15. The zero-order chi connectivity index (χ0) is 36.5. The second kappa shape index (κ2) is 16.7. The summed E-state index contributed by atoms with van der Waals surface area (Å²) < 4.78 is 17.3. The fourth-order valence-corrected chi connectivity index (χ4v) is 10.9. The van der Waals surface area contributed by atoms with Crippen LogP contribution < -0.4 is 35.9 Å². The van der Waals surface area contributed by atoms with Gasteiger partial charge in [0.1, 0.15) is 34.3 Å². The predicted octanol–water partition coefficient (Wildman–Crippen LogP) is 7.63. The molecular formula is C44H43NO6P+. The van der Waals surface area contributed by atoms with E-state index in [1.54, 1.807) is 30.3 Å². The van der Waals surface area contributed by atoms with Crippen LogP contribution in [0.15, 0.2) is 149 Å². The Morgan fingerprint density at radius 3 is 1.94 bits per heavy atom. The van der Waals surface area contributed by atoms with Crippen LogP contribution in [0.25, 0.3) is 17.0 Å². The summed E-state index contributed by atoms with van der Waals surface area (Å²) in [5.41, 5.74) is 1.31. The number of fused-ring (bicyclic) bond motifs is 1. The molecule has 1 heterocycles. The monoisotopic (exact) mass is 712 g/mol. The van der Waals surface area contributed by atoms with Crippen molar-refractivity contribution in [1.29, 1.82) is 0 Å². The molecule has 0 aliphatic heterocycles. The van der Waals surface area contributed by atoms with Gasteiger partial charge in [0.2, 0.25) is 6.29 Å². The summed E-state index contributed by atoms with van der Waals surface area (Å²) in [5.74, 6) is 0.305. The first-order valence-electron chi connectivity index (χ1n) is 17.5. The second-order valence-electron chi connectivity index (χ2n) is 12.4. The first kappa shape index (κ1) is 36.3. The minimum Gasteiger partial charge on any atom is -0.493 e. The van der Waals surface area contributed by atoms with Crippen LogP contribution in [0.5, 0.6) is 11.5 Å². The number of aliphatic hydroxyl groups is 1. The summed E-state index contributed by atoms with van der Waals surface area (Å²) in [5, 5.41) is 15.7. The van der Waals surface area contributed by atoms with Gasteiger partial charge in [-0.3, -0.25) is 4.79 Å². The van der Waals surface area contributed by atoms with Crippen LogP contribution in [0.4, 0.5) is 5.69 Å². The third kappa shape index (κ3) is 7.86. The highest BCUT2D eigenvalue weighted by Crippen LogP contribution is 2.56. The van der Waals surface area contributed by atoms with E-state index in [1.165, 1.54) is 29.1 Å². The molecule has 0 bridgehead atoms. The lowest BCUT2D eigenvalue weighted by Gasteiger charge is -2.28. The van der Waals surface area contributed by atoms with Gasteiger partial charge in [0.05, 0.1) is 13.3 Å². The van der Waals surface area contributed by atoms with Crippen molar-refractivity contribution in [3.8, 4) is 11.5 Å². The quantitative estimate of drug-likeness (QED) is 0.0385. The molecule has 6 rings (SSSR count). The molecule has 0 radical (unpaired) electrons. The van der Waals surface area contributed by atoms with Gasteiger partial charge < -0.3 is 23.9 Å². The number of allylic oxidation sites excluding steroid dienone is 1. The fraction of sp³-hybridized carbons (Fsp3) is 0.182. The van der Waals surface area contributed by atoms with E-state index in [0.29, 0.717) is 40.6 Å². The highest BCUT2D eigenvalue weighted by atomic mass is 31.2. The van der Waals surface area contributed by atoms with Crippen LogP contribution in [0.3, 0.4) is 0 Å². The normalized spacial score (nSPS) is 12.2. The van der Waals surface area contributed by atoms with Gasteiger partial charge in [0.25, 0.3) is 0 Å². The van der Waals surface area contributed by atoms with E-state index >= 15 is 0 Å². The number of carbonyl (C=O) groups excluding carboxylic acids is 1. The average molecular weight is 713 g/mol. The topological polar surface area (TPSA) is 89.2 Å². The second-order valence-corrected chi connectivity index (χ2v) is 16.0. The predicted molar refractivity (Wildman–Crippen MR) is 214 cm³/mol. The molecular weight excluding hydrogens is 669 g/mol. The summed E-state index contributed by atoms with van der Waals surface area (Å²) in [6, 6.07) is 43.9. The first-order valence-corrected chi connectivity index (χ1v) is 19.5. The van der Waals surface area contributed by atoms with Crippen LogP contribution in [0.1, 0.15) is 36.2 Å². The number of anilines is 1. The number of aliphatic hydroxyl groups excluding tert-OH is 1. The Balaban J connectivity index is 1.19. The van der Waals surface area contributed by atoms with Crippen molar-refractivity contribution in [1.82, 2.24) is 0 Å². The lowest BCUT2D eigenvalue weighted by atomic mass is 10.1. The first-order chi connectivity index (χ1) is 25.4. The van der Waals surface area contributed by atoms with Crippen molar-refractivity contribution in [3.63, 3.8) is 0 Å². The number of hydrogen-bond donors (Lipinski definition) is 1. The number of benzene rings is 5. The lowest BCUT2D eigenvalue weighted by Crippen LogP contribution is -2.35. The molecule has 52 heavy (non-hydrogen) atoms. The molecule has 7 nitrogen and oxygen atoms in total. The molecule has 0 saturated heterocycles. The number of ketones is 1. The van der Waals surface area contributed by atoms with E-state index in [1.807, 2.05) is 36.4 Å². The molecule has 1 atom stereocenters. The fourth-order valence-electron chi connectivity index (χ4n) is 6.60. The van der Waals surface area contributed by atoms with Crippen LogP contribution in [-0.4, -0.2) is 43.5 Å². The van der Waals surface area contributed by atoms with Crippen molar-refractivity contribution in [2.45, 2.75) is 26.6 Å². The maximum Gasteiger partial charge on any atom is 0.347 e. The van der Waals surface area contributed by atoms with Gasteiger partial charge in [-0.1, -0.05) is 66.7 Å². The van der Waals surface area contributed by atoms with Crippen molar-refractivity contribution < 1.29 is 23.8 Å². The molecule has 0 fully saturated rings. The highest BCUT2D eigenvalue weighted by molar-refractivity contribution is 7.95. The van der Waals surface area contributed by atoms with E-state index in [0.717, 1.165) is 18.8 Å². The average Bonchev–Trinajstić information content (AvgIpc) is 3.19. The maximum atomic E-state index is 13.1. The van der Waals surface area contributed by atoms with Crippen LogP contribution >= 0.6 is 7.26 Å². The van der Waals surface area contributed by atoms with Gasteiger partial charge in [-0.25, -0.2) is 4.79 Å². The van der Waals surface area contributed by atoms with E-state index in [-0.39, 0.29) is 5.56 Å². The zero-order valence-electron chi connectivity index (χ0n) is 29.6. The molecule has 1 N–H and O–H groups in total. The molecule has 1 aromatic heterocycles. The standard InChI is InChI=1S/C44H43NO6P/c1-4-45(5-2)34-24-23-33-30-38(44(48)51-41(33)31-34)39(46)25-21-32-22-26-40(42(29-32)49-3)50-43(47)27-28-52(35-15-9-6-10-16-35,36-17-11-7-12-18-36)37-19-13-8-14-20-37/h6-26,29-31,43,47H,4-5,27-28H2,1-3H3/q+1/b25-21+. The Morgan fingerprint density at radius 2 is 1.38 bits per heavy atom. The number of hydrogen-bond acceptors (Lipinski definition) is 7. The van der Waals surface area contributed by atoms with E-state index in [9.17, 15) is 14.7 Å². The molecule has 5 aromatic carbocycles. The largest absolute Gasteiger partial charge is 0.493 e. The van der Waals surface area contributed by atoms with Crippen LogP contribution in [-0.2, 0) is 0 Å². The number of methoxy groups -OCH3 is 1. The lowest BCUT2D eigenvalue weighted by molar-refractivity contribution is -0.0199. The third-order valence-electron chi connectivity index (χ3n) is 9.29. The maximum absolute atomic E-state index is 13.1. The van der Waals surface area contributed by atoms with E-state index < -0.39 is 25.0 Å². The van der Waals surface area contributed by atoms with Crippen molar-refractivity contribution in [2.75, 3.05) is 31.3 Å². The van der Waals surface area contributed by atoms with Gasteiger partial charge in [-0.05, 0) is 92.2 Å². The Morgan fingerprint density at radius 1 is 0.788 bits per heavy atom. The molecule has 264 valence electrons. The SMILES string of the molecule is CCN(CC)c1ccc2cc(C(=O)/C=C/c3ccc(OC(O)CC[P+](c4ccccc4)(c4ccccc4)c4ccccc4)c(OC)c3)c(=O)oc2c1. The Bertz CT molecular complexity index is 2100. The van der Waals surface area contributed by atoms with Gasteiger partial charge in [0.15, 0.2) is 17.3 Å². The molecule has 0 saturated carbocycles. The van der Waals surface area contributed by atoms with Crippen molar-refractivity contribution in [2.24, 2.45) is 0 Å². The van der Waals surface area contributed by atoms with Crippen LogP contribution in [0, 0.1) is 0 Å². The van der Waals surface area contributed by atoms with Crippen LogP contribution in [0.2, 0.25) is 0 Å². The summed E-state index contributed by atoms with van der Waals surface area (Å²) in [4.78, 5) is 28.1. The number of carbonyl (C=O) groups is 1. The molecule has 1 unspecified atom stereocenters. The van der Waals surface area contributed by atoms with E-state index in [4.69, 9.17) is 13.9 Å². The zero-order valence-corrected chi connectivity index (χ0v) is 30.5. The Kier molecular flexibility index (Phi) is 11.6. The van der Waals surface area contributed by atoms with Gasteiger partial charge in [0, 0.05) is 36.7 Å². The molecule has 0 aliphatic carbocycles. The Hall–Kier alpha value is -5.49. The summed E-state index contributed by atoms with van der Waals surface area (Å²) in [6.07, 6.45) is 2.89. The number of ether oxygens (including phenoxy) is 2. The van der Waals surface area contributed by atoms with Gasteiger partial charge in [-0.2, -0.15) is 0 Å². The van der Waals surface area contributed by atoms with Crippen molar-refractivity contribution >= 4 is 51.7 Å². The summed E-state index contributed by atoms with van der Waals surface area (Å²) in [6.45, 7) is 5.78. The van der Waals surface area contributed by atoms with Gasteiger partial charge >= 0.3 is 5.63 Å². The molecule has 6 aromatic rings. The minimum absolute atomic E-state index is 0.0465. The van der Waals surface area contributed by atoms with Gasteiger partial charge in [-0.15, -0.1) is 0 Å². The summed E-state index contributed by atoms with van der Waals surface area (Å²) >= 11 is 0. The molecule has 8 heteroatoms. The molecule has 0 aliphatic rings. The molecule has 0 spiro atoms. The number of nitrogens with zero attached hydrogens (tertiary/aromatic N) is 1. The summed E-state index contributed by atoms with van der Waals surface area (Å²) in [7, 11) is -0.629.